The van der Waals surface area contributed by atoms with Crippen LogP contribution in [0.1, 0.15) is 51.9 Å². The van der Waals surface area contributed by atoms with E-state index in [1.807, 2.05) is 43.8 Å². The van der Waals surface area contributed by atoms with E-state index in [2.05, 4.69) is 31.9 Å². The molecule has 1 saturated heterocycles. The third-order valence-corrected chi connectivity index (χ3v) is 6.46. The molecule has 0 spiro atoms. The molecule has 8 nitrogen and oxygen atoms in total. The van der Waals surface area contributed by atoms with Crippen LogP contribution in [-0.4, -0.2) is 61.7 Å². The molecule has 3 aromatic heterocycles. The second-order valence-electron chi connectivity index (χ2n) is 8.88. The summed E-state index contributed by atoms with van der Waals surface area (Å²) in [6.07, 6.45) is 5.84. The first-order valence-corrected chi connectivity index (χ1v) is 11.5. The van der Waals surface area contributed by atoms with Crippen LogP contribution in [0.25, 0.3) is 0 Å². The maximum absolute atomic E-state index is 11.5. The van der Waals surface area contributed by atoms with Gasteiger partial charge in [0.2, 0.25) is 0 Å². The monoisotopic (exact) mass is 448 g/mol. The van der Waals surface area contributed by atoms with Crippen molar-refractivity contribution in [3.63, 3.8) is 0 Å². The minimum atomic E-state index is -1.01. The Bertz CT molecular complexity index is 1100. The molecular weight excluding hydrogens is 416 g/mol. The lowest BCUT2D eigenvalue weighted by Crippen LogP contribution is -2.40. The predicted octanol–water partition coefficient (Wildman–Crippen LogP) is 3.41. The number of rotatable bonds is 8. The fraction of sp³-hybridized carbons (Fsp3) is 0.440. The molecule has 1 aliphatic heterocycles. The number of imidazole rings is 1. The van der Waals surface area contributed by atoms with Gasteiger partial charge in [-0.25, -0.2) is 14.8 Å². The van der Waals surface area contributed by atoms with Crippen molar-refractivity contribution in [3.05, 3.63) is 71.2 Å². The molecule has 1 N–H and O–H groups in total. The van der Waals surface area contributed by atoms with E-state index in [1.54, 1.807) is 12.4 Å². The first-order chi connectivity index (χ1) is 15.9. The predicted molar refractivity (Wildman–Crippen MR) is 128 cm³/mol. The number of hydrogen-bond donors (Lipinski definition) is 1. The molecule has 4 heterocycles. The Morgan fingerprint density at radius 1 is 1.15 bits per heavy atom. The van der Waals surface area contributed by atoms with Gasteiger partial charge in [0.25, 0.3) is 0 Å². The Balaban J connectivity index is 1.45. The molecule has 174 valence electrons. The standard InChI is InChI=1S/C25H32N6O2/c1-18-7-8-23(25(32)33)28-24(18)31(16-21-15-26-17-29(21)3)14-13-30-11-9-20(10-12-30)22-6-4-5-19(2)27-22/h4-8,15,17,20H,9-14,16H2,1-3H3,(H,32,33). The fourth-order valence-electron chi connectivity index (χ4n) is 4.46. The average molecular weight is 449 g/mol. The molecule has 0 aliphatic carbocycles. The van der Waals surface area contributed by atoms with E-state index in [9.17, 15) is 9.90 Å². The molecule has 4 rings (SSSR count). The number of pyridine rings is 2. The van der Waals surface area contributed by atoms with Crippen LogP contribution in [0.4, 0.5) is 5.82 Å². The number of carboxylic acids is 1. The Morgan fingerprint density at radius 3 is 2.61 bits per heavy atom. The van der Waals surface area contributed by atoms with Crippen LogP contribution < -0.4 is 4.90 Å². The fourth-order valence-corrected chi connectivity index (χ4v) is 4.46. The van der Waals surface area contributed by atoms with Gasteiger partial charge >= 0.3 is 5.97 Å². The number of carboxylic acid groups (broad SMARTS) is 1. The molecule has 0 saturated carbocycles. The van der Waals surface area contributed by atoms with Gasteiger partial charge < -0.3 is 19.5 Å². The topological polar surface area (TPSA) is 87.4 Å². The number of aromatic carboxylic acids is 1. The van der Waals surface area contributed by atoms with Gasteiger partial charge in [-0.3, -0.25) is 4.98 Å². The van der Waals surface area contributed by atoms with Crippen LogP contribution in [0.3, 0.4) is 0 Å². The number of aryl methyl sites for hydroxylation is 3. The molecule has 3 aromatic rings. The normalized spacial score (nSPS) is 15.0. The Kier molecular flexibility index (Phi) is 7.03. The summed E-state index contributed by atoms with van der Waals surface area (Å²) in [6.45, 7) is 8.36. The number of hydrogen-bond acceptors (Lipinski definition) is 6. The second-order valence-corrected chi connectivity index (χ2v) is 8.88. The van der Waals surface area contributed by atoms with E-state index >= 15 is 0 Å². The van der Waals surface area contributed by atoms with E-state index in [-0.39, 0.29) is 5.69 Å². The molecule has 0 radical (unpaired) electrons. The largest absolute Gasteiger partial charge is 0.477 e. The zero-order chi connectivity index (χ0) is 23.4. The van der Waals surface area contributed by atoms with Gasteiger partial charge in [-0.2, -0.15) is 0 Å². The number of nitrogens with zero attached hydrogens (tertiary/aromatic N) is 6. The highest BCUT2D eigenvalue weighted by Gasteiger charge is 2.23. The van der Waals surface area contributed by atoms with Crippen LogP contribution in [0, 0.1) is 13.8 Å². The lowest BCUT2D eigenvalue weighted by atomic mass is 9.93. The van der Waals surface area contributed by atoms with Crippen LogP contribution in [0.2, 0.25) is 0 Å². The van der Waals surface area contributed by atoms with E-state index in [4.69, 9.17) is 4.98 Å². The molecule has 33 heavy (non-hydrogen) atoms. The van der Waals surface area contributed by atoms with Gasteiger partial charge in [0.05, 0.1) is 18.6 Å². The minimum absolute atomic E-state index is 0.0667. The van der Waals surface area contributed by atoms with Crippen LogP contribution >= 0.6 is 0 Å². The van der Waals surface area contributed by atoms with Crippen LogP contribution in [-0.2, 0) is 13.6 Å². The van der Waals surface area contributed by atoms with Crippen molar-refractivity contribution in [3.8, 4) is 0 Å². The van der Waals surface area contributed by atoms with Crippen molar-refractivity contribution in [2.75, 3.05) is 31.1 Å². The Labute approximate surface area is 194 Å². The summed E-state index contributed by atoms with van der Waals surface area (Å²) in [5.41, 5.74) is 4.37. The SMILES string of the molecule is Cc1cccc(C2CCN(CCN(Cc3cncn3C)c3nc(C(=O)O)ccc3C)CC2)n1. The molecule has 0 amide bonds. The van der Waals surface area contributed by atoms with Crippen molar-refractivity contribution in [1.29, 1.82) is 0 Å². The number of carbonyl (C=O) groups is 1. The maximum atomic E-state index is 11.5. The summed E-state index contributed by atoms with van der Waals surface area (Å²) in [5.74, 6) is 0.223. The summed E-state index contributed by atoms with van der Waals surface area (Å²) in [6, 6.07) is 9.69. The van der Waals surface area contributed by atoms with Gasteiger partial charge in [-0.05, 0) is 63.5 Å². The van der Waals surface area contributed by atoms with Crippen molar-refractivity contribution in [1.82, 2.24) is 24.4 Å². The second kappa shape index (κ2) is 10.1. The van der Waals surface area contributed by atoms with E-state index in [0.717, 1.165) is 61.8 Å². The van der Waals surface area contributed by atoms with Crippen molar-refractivity contribution in [2.45, 2.75) is 39.2 Å². The molecule has 0 bridgehead atoms. The number of likely N-dealkylation sites (tertiary alicyclic amines) is 1. The number of anilines is 1. The smallest absolute Gasteiger partial charge is 0.354 e. The third kappa shape index (κ3) is 5.57. The zero-order valence-electron chi connectivity index (χ0n) is 19.6. The highest BCUT2D eigenvalue weighted by molar-refractivity contribution is 5.86. The van der Waals surface area contributed by atoms with Gasteiger partial charge in [0.1, 0.15) is 5.82 Å². The minimum Gasteiger partial charge on any atom is -0.477 e. The first kappa shape index (κ1) is 22.9. The Morgan fingerprint density at radius 2 is 1.94 bits per heavy atom. The highest BCUT2D eigenvalue weighted by Crippen LogP contribution is 2.27. The molecule has 1 aliphatic rings. The van der Waals surface area contributed by atoms with Gasteiger partial charge in [0, 0.05) is 43.6 Å². The van der Waals surface area contributed by atoms with Crippen molar-refractivity contribution >= 4 is 11.8 Å². The summed E-state index contributed by atoms with van der Waals surface area (Å²) < 4.78 is 1.99. The zero-order valence-corrected chi connectivity index (χ0v) is 19.6. The van der Waals surface area contributed by atoms with Crippen LogP contribution in [0.15, 0.2) is 42.9 Å². The van der Waals surface area contributed by atoms with Gasteiger partial charge in [-0.15, -0.1) is 0 Å². The lowest BCUT2D eigenvalue weighted by Gasteiger charge is -2.34. The number of aromatic nitrogens is 4. The maximum Gasteiger partial charge on any atom is 0.354 e. The highest BCUT2D eigenvalue weighted by atomic mass is 16.4. The molecular formula is C25H32N6O2. The van der Waals surface area contributed by atoms with E-state index < -0.39 is 5.97 Å². The van der Waals surface area contributed by atoms with E-state index in [0.29, 0.717) is 12.5 Å². The quantitative estimate of drug-likeness (QED) is 0.565. The molecule has 1 fully saturated rings. The molecule has 8 heteroatoms. The summed E-state index contributed by atoms with van der Waals surface area (Å²) in [5, 5.41) is 9.44. The van der Waals surface area contributed by atoms with Crippen LogP contribution in [0.5, 0.6) is 0 Å². The number of piperidine rings is 1. The first-order valence-electron chi connectivity index (χ1n) is 11.5. The van der Waals surface area contributed by atoms with Crippen molar-refractivity contribution in [2.24, 2.45) is 7.05 Å². The van der Waals surface area contributed by atoms with Gasteiger partial charge in [0.15, 0.2) is 5.69 Å². The van der Waals surface area contributed by atoms with Gasteiger partial charge in [-0.1, -0.05) is 12.1 Å². The van der Waals surface area contributed by atoms with E-state index in [1.165, 1.54) is 5.69 Å². The molecule has 0 atom stereocenters. The summed E-state index contributed by atoms with van der Waals surface area (Å²) in [4.78, 5) is 29.6. The molecule has 0 unspecified atom stereocenters. The average Bonchev–Trinajstić information content (AvgIpc) is 3.21. The summed E-state index contributed by atoms with van der Waals surface area (Å²) >= 11 is 0. The third-order valence-electron chi connectivity index (χ3n) is 6.46. The lowest BCUT2D eigenvalue weighted by molar-refractivity contribution is 0.0690. The summed E-state index contributed by atoms with van der Waals surface area (Å²) in [7, 11) is 1.97. The van der Waals surface area contributed by atoms with Crippen molar-refractivity contribution < 1.29 is 9.90 Å². The Hall–Kier alpha value is -3.26. The molecule has 0 aromatic carbocycles.